The molecule has 0 radical (unpaired) electrons. The highest BCUT2D eigenvalue weighted by atomic mass is 127. The van der Waals surface area contributed by atoms with Gasteiger partial charge in [-0.3, -0.25) is 8.98 Å². The summed E-state index contributed by atoms with van der Waals surface area (Å²) in [5.41, 5.74) is 1.30. The Labute approximate surface area is 207 Å². The minimum Gasteiger partial charge on any atom is -0.338 e. The molecule has 0 bridgehead atoms. The van der Waals surface area contributed by atoms with Crippen LogP contribution in [0.4, 0.5) is 0 Å². The van der Waals surface area contributed by atoms with Gasteiger partial charge in [0, 0.05) is 27.6 Å². The third-order valence-corrected chi connectivity index (χ3v) is 7.64. The lowest BCUT2D eigenvalue weighted by Crippen LogP contribution is -2.48. The summed E-state index contributed by atoms with van der Waals surface area (Å²) in [6.45, 7) is 1.30. The van der Waals surface area contributed by atoms with Crippen molar-refractivity contribution in [2.45, 2.75) is 31.1 Å². The number of rotatable bonds is 7. The largest absolute Gasteiger partial charge is 0.338 e. The van der Waals surface area contributed by atoms with E-state index < -0.39 is 10.1 Å². The van der Waals surface area contributed by atoms with Gasteiger partial charge in [-0.05, 0) is 90.2 Å². The molecule has 31 heavy (non-hydrogen) atoms. The second kappa shape index (κ2) is 10.4. The molecule has 1 aliphatic heterocycles. The molecule has 0 aromatic heterocycles. The molecule has 1 amide bonds. The Balaban J connectivity index is 1.86. The van der Waals surface area contributed by atoms with Gasteiger partial charge in [0.25, 0.3) is 16.0 Å². The standard InChI is InChI=1S/C22H24Cl2INO4S/c1-31(28,29)30-13-3-11-22(17-6-9-19(23)20(24)14-17)10-2-12-26(15-22)21(27)16-4-7-18(25)8-5-16/h4-9,14H,2-3,10-13,15H2,1H3. The SMILES string of the molecule is CS(=O)(=O)OCCCC1(c2ccc(Cl)c(Cl)c2)CCCN(C(=O)c2ccc(I)cc2)C1. The van der Waals surface area contributed by atoms with Gasteiger partial charge in [-0.25, -0.2) is 0 Å². The molecule has 0 saturated carbocycles. The molecule has 1 fully saturated rings. The summed E-state index contributed by atoms with van der Waals surface area (Å²) in [6.07, 6.45) is 3.95. The number of likely N-dealkylation sites (tertiary alicyclic amines) is 1. The maximum atomic E-state index is 13.2. The van der Waals surface area contributed by atoms with E-state index in [1.54, 1.807) is 6.07 Å². The monoisotopic (exact) mass is 595 g/mol. The first-order valence-corrected chi connectivity index (χ1v) is 13.6. The second-order valence-electron chi connectivity index (χ2n) is 7.88. The lowest BCUT2D eigenvalue weighted by molar-refractivity contribution is 0.0620. The minimum absolute atomic E-state index is 0.00655. The summed E-state index contributed by atoms with van der Waals surface area (Å²) in [6, 6.07) is 13.1. The van der Waals surface area contributed by atoms with Gasteiger partial charge in [-0.15, -0.1) is 0 Å². The topological polar surface area (TPSA) is 63.7 Å². The molecule has 9 heteroatoms. The Morgan fingerprint density at radius 2 is 1.87 bits per heavy atom. The van der Waals surface area contributed by atoms with E-state index in [0.717, 1.165) is 28.2 Å². The number of hydrogen-bond donors (Lipinski definition) is 0. The number of hydrogen-bond acceptors (Lipinski definition) is 4. The van der Waals surface area contributed by atoms with Crippen molar-refractivity contribution >= 4 is 61.8 Å². The van der Waals surface area contributed by atoms with Gasteiger partial charge in [0.1, 0.15) is 0 Å². The van der Waals surface area contributed by atoms with Crippen LogP contribution >= 0.6 is 45.8 Å². The molecule has 1 heterocycles. The van der Waals surface area contributed by atoms with Gasteiger partial charge in [0.05, 0.1) is 22.9 Å². The summed E-state index contributed by atoms with van der Waals surface area (Å²) >= 11 is 14.7. The van der Waals surface area contributed by atoms with Gasteiger partial charge < -0.3 is 4.90 Å². The van der Waals surface area contributed by atoms with Crippen molar-refractivity contribution in [1.29, 1.82) is 0 Å². The van der Waals surface area contributed by atoms with Crippen LogP contribution in [0.25, 0.3) is 0 Å². The quantitative estimate of drug-likeness (QED) is 0.240. The number of halogens is 3. The fraction of sp³-hybridized carbons (Fsp3) is 0.409. The zero-order valence-corrected chi connectivity index (χ0v) is 21.6. The highest BCUT2D eigenvalue weighted by Gasteiger charge is 2.38. The van der Waals surface area contributed by atoms with Crippen molar-refractivity contribution < 1.29 is 17.4 Å². The zero-order chi connectivity index (χ0) is 22.6. The molecule has 168 valence electrons. The van der Waals surface area contributed by atoms with Crippen LogP contribution in [-0.2, 0) is 19.7 Å². The van der Waals surface area contributed by atoms with E-state index in [1.165, 1.54) is 0 Å². The molecule has 0 aliphatic carbocycles. The van der Waals surface area contributed by atoms with Crippen LogP contribution in [0.2, 0.25) is 10.0 Å². The average Bonchev–Trinajstić information content (AvgIpc) is 2.73. The summed E-state index contributed by atoms with van der Waals surface area (Å²) in [7, 11) is -3.49. The smallest absolute Gasteiger partial charge is 0.264 e. The first-order chi connectivity index (χ1) is 14.6. The van der Waals surface area contributed by atoms with Gasteiger partial charge in [0.2, 0.25) is 0 Å². The second-order valence-corrected chi connectivity index (χ2v) is 11.6. The van der Waals surface area contributed by atoms with E-state index >= 15 is 0 Å². The third kappa shape index (κ3) is 6.57. The molecular formula is C22H24Cl2INO4S. The Morgan fingerprint density at radius 1 is 1.16 bits per heavy atom. The molecule has 1 unspecified atom stereocenters. The lowest BCUT2D eigenvalue weighted by atomic mass is 9.71. The maximum absolute atomic E-state index is 13.2. The summed E-state index contributed by atoms with van der Waals surface area (Å²) in [4.78, 5) is 15.1. The Hall–Kier alpha value is -0.870. The van der Waals surface area contributed by atoms with Crippen LogP contribution in [0, 0.1) is 3.57 Å². The van der Waals surface area contributed by atoms with Gasteiger partial charge >= 0.3 is 0 Å². The van der Waals surface area contributed by atoms with Crippen molar-refractivity contribution in [1.82, 2.24) is 4.90 Å². The normalized spacial score (nSPS) is 19.4. The molecule has 5 nitrogen and oxygen atoms in total. The summed E-state index contributed by atoms with van der Waals surface area (Å²) in [5.74, 6) is -0.00655. The van der Waals surface area contributed by atoms with E-state index in [0.29, 0.717) is 41.5 Å². The van der Waals surface area contributed by atoms with E-state index in [4.69, 9.17) is 27.4 Å². The molecular weight excluding hydrogens is 572 g/mol. The number of piperidine rings is 1. The van der Waals surface area contributed by atoms with E-state index in [1.807, 2.05) is 41.3 Å². The molecule has 0 N–H and O–H groups in total. The predicted octanol–water partition coefficient (Wildman–Crippen LogP) is 5.53. The molecule has 1 saturated heterocycles. The van der Waals surface area contributed by atoms with Crippen LogP contribution in [0.1, 0.15) is 41.6 Å². The lowest BCUT2D eigenvalue weighted by Gasteiger charge is -2.44. The van der Waals surface area contributed by atoms with Crippen molar-refractivity contribution in [2.75, 3.05) is 26.0 Å². The molecule has 0 spiro atoms. The zero-order valence-electron chi connectivity index (χ0n) is 17.1. The summed E-state index contributed by atoms with van der Waals surface area (Å²) < 4.78 is 28.7. The van der Waals surface area contributed by atoms with Crippen LogP contribution in [0.15, 0.2) is 42.5 Å². The molecule has 2 aromatic carbocycles. The van der Waals surface area contributed by atoms with Crippen molar-refractivity contribution in [3.8, 4) is 0 Å². The number of carbonyl (C=O) groups is 1. The first kappa shape index (κ1) is 24.8. The number of carbonyl (C=O) groups excluding carboxylic acids is 1. The number of nitrogens with zero attached hydrogens (tertiary/aromatic N) is 1. The Kier molecular flexibility index (Phi) is 8.29. The summed E-state index contributed by atoms with van der Waals surface area (Å²) in [5, 5.41) is 0.940. The van der Waals surface area contributed by atoms with Crippen molar-refractivity contribution in [2.24, 2.45) is 0 Å². The minimum atomic E-state index is -3.49. The van der Waals surface area contributed by atoms with Crippen molar-refractivity contribution in [3.63, 3.8) is 0 Å². The molecule has 1 atom stereocenters. The Bertz CT molecular complexity index is 1050. The molecule has 3 rings (SSSR count). The van der Waals surface area contributed by atoms with E-state index in [-0.39, 0.29) is 17.9 Å². The number of benzene rings is 2. The third-order valence-electron chi connectivity index (χ3n) is 5.58. The van der Waals surface area contributed by atoms with Gasteiger partial charge in [-0.2, -0.15) is 8.42 Å². The van der Waals surface area contributed by atoms with Crippen LogP contribution in [0.3, 0.4) is 0 Å². The van der Waals surface area contributed by atoms with Crippen molar-refractivity contribution in [3.05, 3.63) is 67.2 Å². The van der Waals surface area contributed by atoms with Crippen LogP contribution in [0.5, 0.6) is 0 Å². The fourth-order valence-corrected chi connectivity index (χ4v) is 5.19. The Morgan fingerprint density at radius 3 is 2.52 bits per heavy atom. The fourth-order valence-electron chi connectivity index (χ4n) is 4.11. The van der Waals surface area contributed by atoms with Gasteiger partial charge in [-0.1, -0.05) is 29.3 Å². The van der Waals surface area contributed by atoms with Crippen LogP contribution in [-0.4, -0.2) is 45.2 Å². The highest BCUT2D eigenvalue weighted by Crippen LogP contribution is 2.40. The molecule has 1 aliphatic rings. The van der Waals surface area contributed by atoms with E-state index in [2.05, 4.69) is 22.6 Å². The number of amides is 1. The van der Waals surface area contributed by atoms with Crippen LogP contribution < -0.4 is 0 Å². The predicted molar refractivity (Wildman–Crippen MR) is 132 cm³/mol. The highest BCUT2D eigenvalue weighted by molar-refractivity contribution is 14.1. The average molecular weight is 596 g/mol. The van der Waals surface area contributed by atoms with Gasteiger partial charge in [0.15, 0.2) is 0 Å². The van der Waals surface area contributed by atoms with E-state index in [9.17, 15) is 13.2 Å². The maximum Gasteiger partial charge on any atom is 0.264 e. The molecule has 2 aromatic rings. The first-order valence-electron chi connectivity index (χ1n) is 9.94.